The largest absolute Gasteiger partial charge is 0.346 e. The van der Waals surface area contributed by atoms with Crippen LogP contribution >= 0.6 is 11.6 Å². The second-order valence-electron chi connectivity index (χ2n) is 6.74. The fraction of sp³-hybridized carbons (Fsp3) is 0.333. The molecular formula is C21H22ClN3O. The van der Waals surface area contributed by atoms with Gasteiger partial charge in [-0.1, -0.05) is 36.6 Å². The first-order valence-corrected chi connectivity index (χ1v) is 9.25. The molecule has 1 aromatic heterocycles. The van der Waals surface area contributed by atoms with Gasteiger partial charge in [-0.05, 0) is 56.5 Å². The van der Waals surface area contributed by atoms with Crippen molar-refractivity contribution < 1.29 is 4.79 Å². The monoisotopic (exact) mass is 367 g/mol. The van der Waals surface area contributed by atoms with E-state index in [2.05, 4.69) is 23.7 Å². The Hall–Kier alpha value is -2.51. The summed E-state index contributed by atoms with van der Waals surface area (Å²) in [5.74, 6) is -0.453. The van der Waals surface area contributed by atoms with E-state index >= 15 is 0 Å². The number of nitrogens with one attached hydrogen (secondary N) is 1. The lowest BCUT2D eigenvalue weighted by molar-refractivity contribution is -0.112. The molecule has 26 heavy (non-hydrogen) atoms. The molecule has 1 saturated carbocycles. The molecule has 1 aromatic carbocycles. The van der Waals surface area contributed by atoms with Crippen molar-refractivity contribution in [2.75, 3.05) is 5.32 Å². The Morgan fingerprint density at radius 1 is 1.31 bits per heavy atom. The quantitative estimate of drug-likeness (QED) is 0.579. The van der Waals surface area contributed by atoms with E-state index < -0.39 is 5.91 Å². The third-order valence-corrected chi connectivity index (χ3v) is 5.33. The highest BCUT2D eigenvalue weighted by molar-refractivity contribution is 6.34. The summed E-state index contributed by atoms with van der Waals surface area (Å²) in [6.07, 6.45) is 6.57. The molecule has 1 fully saturated rings. The van der Waals surface area contributed by atoms with Crippen LogP contribution in [0.15, 0.2) is 35.9 Å². The fourth-order valence-corrected chi connectivity index (χ4v) is 3.91. The molecule has 0 aliphatic heterocycles. The van der Waals surface area contributed by atoms with Gasteiger partial charge < -0.3 is 9.88 Å². The Labute approximate surface area is 159 Å². The van der Waals surface area contributed by atoms with Crippen LogP contribution in [0.4, 0.5) is 5.69 Å². The maximum Gasteiger partial charge on any atom is 0.266 e. The number of halogens is 1. The summed E-state index contributed by atoms with van der Waals surface area (Å²) < 4.78 is 2.35. The maximum atomic E-state index is 12.5. The van der Waals surface area contributed by atoms with Gasteiger partial charge in [0.15, 0.2) is 0 Å². The first-order chi connectivity index (χ1) is 12.5. The van der Waals surface area contributed by atoms with E-state index in [0.29, 0.717) is 16.8 Å². The molecule has 3 rings (SSSR count). The number of benzene rings is 1. The van der Waals surface area contributed by atoms with Crippen molar-refractivity contribution in [3.8, 4) is 6.07 Å². The van der Waals surface area contributed by atoms with E-state index in [-0.39, 0.29) is 5.57 Å². The van der Waals surface area contributed by atoms with Gasteiger partial charge in [-0.3, -0.25) is 4.79 Å². The van der Waals surface area contributed by atoms with Crippen LogP contribution in [0.5, 0.6) is 0 Å². The molecular weight excluding hydrogens is 346 g/mol. The normalized spacial score (nSPS) is 15.1. The fourth-order valence-electron chi connectivity index (χ4n) is 3.73. The molecule has 4 nitrogen and oxygen atoms in total. The van der Waals surface area contributed by atoms with Gasteiger partial charge in [0.1, 0.15) is 11.6 Å². The third kappa shape index (κ3) is 3.68. The Morgan fingerprint density at radius 3 is 2.65 bits per heavy atom. The summed E-state index contributed by atoms with van der Waals surface area (Å²) in [6, 6.07) is 11.6. The van der Waals surface area contributed by atoms with E-state index in [0.717, 1.165) is 11.3 Å². The Kier molecular flexibility index (Phi) is 5.49. The molecule has 1 amide bonds. The summed E-state index contributed by atoms with van der Waals surface area (Å²) in [4.78, 5) is 12.5. The average Bonchev–Trinajstić information content (AvgIpc) is 3.22. The van der Waals surface area contributed by atoms with E-state index in [1.807, 2.05) is 12.1 Å². The number of carbonyl (C=O) groups is 1. The van der Waals surface area contributed by atoms with Crippen molar-refractivity contribution in [3.63, 3.8) is 0 Å². The lowest BCUT2D eigenvalue weighted by Crippen LogP contribution is -2.13. The first-order valence-electron chi connectivity index (χ1n) is 8.87. The van der Waals surface area contributed by atoms with Crippen LogP contribution in [-0.4, -0.2) is 10.5 Å². The highest BCUT2D eigenvalue weighted by Crippen LogP contribution is 2.34. The number of amides is 1. The van der Waals surface area contributed by atoms with Crippen LogP contribution in [0.3, 0.4) is 0 Å². The Balaban J connectivity index is 1.87. The number of para-hydroxylation sites is 1. The second-order valence-corrected chi connectivity index (χ2v) is 7.15. The number of aromatic nitrogens is 1. The molecule has 1 aliphatic carbocycles. The van der Waals surface area contributed by atoms with Crippen LogP contribution in [-0.2, 0) is 4.79 Å². The standard InChI is InChI=1S/C21H22ClN3O/c1-14-11-16(15(2)25(14)18-7-3-4-8-18)12-17(13-23)21(26)24-20-10-6-5-9-19(20)22/h5-6,9-12,18H,3-4,7-8H2,1-2H3,(H,24,26)/b17-12-. The maximum absolute atomic E-state index is 12.5. The molecule has 0 bridgehead atoms. The number of hydrogen-bond acceptors (Lipinski definition) is 2. The molecule has 0 unspecified atom stereocenters. The molecule has 0 saturated heterocycles. The predicted molar refractivity (Wildman–Crippen MR) is 105 cm³/mol. The van der Waals surface area contributed by atoms with Gasteiger partial charge >= 0.3 is 0 Å². The first kappa shape index (κ1) is 18.3. The molecule has 1 heterocycles. The van der Waals surface area contributed by atoms with Crippen LogP contribution in [0.1, 0.15) is 48.7 Å². The number of carbonyl (C=O) groups excluding carboxylic acids is 1. The third-order valence-electron chi connectivity index (χ3n) is 5.00. The van der Waals surface area contributed by atoms with Crippen LogP contribution < -0.4 is 5.32 Å². The smallest absolute Gasteiger partial charge is 0.266 e. The lowest BCUT2D eigenvalue weighted by atomic mass is 10.1. The number of rotatable bonds is 4. The van der Waals surface area contributed by atoms with Crippen molar-refractivity contribution in [2.45, 2.75) is 45.6 Å². The van der Waals surface area contributed by atoms with Crippen molar-refractivity contribution in [1.29, 1.82) is 5.26 Å². The molecule has 134 valence electrons. The highest BCUT2D eigenvalue weighted by Gasteiger charge is 2.21. The van der Waals surface area contributed by atoms with Crippen molar-refractivity contribution in [2.24, 2.45) is 0 Å². The number of nitrogens with zero attached hydrogens (tertiary/aromatic N) is 2. The summed E-state index contributed by atoms with van der Waals surface area (Å²) in [7, 11) is 0. The van der Waals surface area contributed by atoms with Gasteiger partial charge in [-0.15, -0.1) is 0 Å². The van der Waals surface area contributed by atoms with Crippen LogP contribution in [0.2, 0.25) is 5.02 Å². The van der Waals surface area contributed by atoms with E-state index in [1.165, 1.54) is 31.4 Å². The average molecular weight is 368 g/mol. The van der Waals surface area contributed by atoms with Gasteiger partial charge in [0, 0.05) is 17.4 Å². The van der Waals surface area contributed by atoms with Gasteiger partial charge in [0.05, 0.1) is 10.7 Å². The van der Waals surface area contributed by atoms with Crippen LogP contribution in [0, 0.1) is 25.2 Å². The van der Waals surface area contributed by atoms with E-state index in [4.69, 9.17) is 11.6 Å². The summed E-state index contributed by atoms with van der Waals surface area (Å²) in [6.45, 7) is 4.14. The zero-order chi connectivity index (χ0) is 18.7. The number of anilines is 1. The molecule has 0 spiro atoms. The zero-order valence-electron chi connectivity index (χ0n) is 15.1. The molecule has 1 aliphatic rings. The highest BCUT2D eigenvalue weighted by atomic mass is 35.5. The molecule has 1 N–H and O–H groups in total. The van der Waals surface area contributed by atoms with Crippen molar-refractivity contribution in [1.82, 2.24) is 4.57 Å². The number of hydrogen-bond donors (Lipinski definition) is 1. The minimum absolute atomic E-state index is 0.0663. The predicted octanol–water partition coefficient (Wildman–Crippen LogP) is 5.42. The summed E-state index contributed by atoms with van der Waals surface area (Å²) in [5, 5.41) is 12.6. The van der Waals surface area contributed by atoms with Gasteiger partial charge in [-0.25, -0.2) is 0 Å². The minimum atomic E-state index is -0.453. The number of nitriles is 1. The van der Waals surface area contributed by atoms with Gasteiger partial charge in [0.2, 0.25) is 0 Å². The van der Waals surface area contributed by atoms with E-state index in [9.17, 15) is 10.1 Å². The second kappa shape index (κ2) is 7.80. The Morgan fingerprint density at radius 2 is 2.00 bits per heavy atom. The summed E-state index contributed by atoms with van der Waals surface area (Å²) >= 11 is 6.08. The minimum Gasteiger partial charge on any atom is -0.346 e. The van der Waals surface area contributed by atoms with Gasteiger partial charge in [0.25, 0.3) is 5.91 Å². The number of aryl methyl sites for hydroxylation is 1. The molecule has 5 heteroatoms. The van der Waals surface area contributed by atoms with E-state index in [1.54, 1.807) is 30.3 Å². The molecule has 2 aromatic rings. The van der Waals surface area contributed by atoms with Crippen molar-refractivity contribution >= 4 is 29.3 Å². The van der Waals surface area contributed by atoms with Crippen molar-refractivity contribution in [3.05, 3.63) is 57.9 Å². The SMILES string of the molecule is Cc1cc(/C=C(/C#N)C(=O)Nc2ccccc2Cl)c(C)n1C1CCCC1. The topological polar surface area (TPSA) is 57.8 Å². The molecule has 0 atom stereocenters. The van der Waals surface area contributed by atoms with Gasteiger partial charge in [-0.2, -0.15) is 5.26 Å². The Bertz CT molecular complexity index is 898. The van der Waals surface area contributed by atoms with Crippen LogP contribution in [0.25, 0.3) is 6.08 Å². The molecule has 0 radical (unpaired) electrons. The lowest BCUT2D eigenvalue weighted by Gasteiger charge is -2.17. The summed E-state index contributed by atoms with van der Waals surface area (Å²) in [5.41, 5.74) is 3.76. The zero-order valence-corrected chi connectivity index (χ0v) is 15.8.